The maximum absolute atomic E-state index is 12.4. The van der Waals surface area contributed by atoms with Gasteiger partial charge in [-0.15, -0.1) is 0 Å². The predicted octanol–water partition coefficient (Wildman–Crippen LogP) is 2.75. The zero-order valence-corrected chi connectivity index (χ0v) is 17.3. The third-order valence-electron chi connectivity index (χ3n) is 5.38. The highest BCUT2D eigenvalue weighted by atomic mass is 35.5. The lowest BCUT2D eigenvalue weighted by molar-refractivity contribution is -0.120. The lowest BCUT2D eigenvalue weighted by atomic mass is 10.1. The van der Waals surface area contributed by atoms with Crippen LogP contribution in [-0.2, 0) is 4.79 Å². The summed E-state index contributed by atoms with van der Waals surface area (Å²) in [5.41, 5.74) is 1.42. The molecule has 158 valence electrons. The van der Waals surface area contributed by atoms with Gasteiger partial charge in [0, 0.05) is 17.1 Å². The fourth-order valence-corrected chi connectivity index (χ4v) is 4.07. The summed E-state index contributed by atoms with van der Waals surface area (Å²) in [6.07, 6.45) is 2.28. The first-order valence-electron chi connectivity index (χ1n) is 10.0. The number of nitrogens with one attached hydrogen (secondary N) is 2. The van der Waals surface area contributed by atoms with Crippen molar-refractivity contribution >= 4 is 23.4 Å². The van der Waals surface area contributed by atoms with Gasteiger partial charge in [-0.25, -0.2) is 0 Å². The Morgan fingerprint density at radius 2 is 1.80 bits per heavy atom. The third-order valence-corrected chi connectivity index (χ3v) is 5.73. The lowest BCUT2D eigenvalue weighted by Gasteiger charge is -2.29. The number of hydrogen-bond acceptors (Lipinski definition) is 5. The van der Waals surface area contributed by atoms with Crippen LogP contribution in [0.4, 0.5) is 0 Å². The summed E-state index contributed by atoms with van der Waals surface area (Å²) < 4.78 is 10.5. The van der Waals surface area contributed by atoms with Crippen molar-refractivity contribution in [3.8, 4) is 11.5 Å². The van der Waals surface area contributed by atoms with E-state index in [1.165, 1.54) is 0 Å². The third kappa shape index (κ3) is 4.68. The summed E-state index contributed by atoms with van der Waals surface area (Å²) in [7, 11) is 0. The molecule has 0 aliphatic carbocycles. The fourth-order valence-electron chi connectivity index (χ4n) is 3.81. The Kier molecular flexibility index (Phi) is 6.40. The molecule has 2 aromatic rings. The Labute approximate surface area is 180 Å². The van der Waals surface area contributed by atoms with Gasteiger partial charge in [0.05, 0.1) is 12.6 Å². The molecule has 0 unspecified atom stereocenters. The Morgan fingerprint density at radius 1 is 1.03 bits per heavy atom. The van der Waals surface area contributed by atoms with Crippen molar-refractivity contribution in [2.45, 2.75) is 18.9 Å². The van der Waals surface area contributed by atoms with Crippen molar-refractivity contribution in [3.05, 3.63) is 58.6 Å². The van der Waals surface area contributed by atoms with Gasteiger partial charge in [0.25, 0.3) is 5.91 Å². The van der Waals surface area contributed by atoms with E-state index in [-0.39, 0.29) is 31.2 Å². The topological polar surface area (TPSA) is 79.9 Å². The summed E-state index contributed by atoms with van der Waals surface area (Å²) in [6, 6.07) is 12.7. The molecule has 4 rings (SSSR count). The van der Waals surface area contributed by atoms with Gasteiger partial charge in [-0.1, -0.05) is 29.8 Å². The van der Waals surface area contributed by atoms with Crippen molar-refractivity contribution in [2.75, 3.05) is 33.0 Å². The number of likely N-dealkylation sites (tertiary alicyclic amines) is 1. The van der Waals surface area contributed by atoms with E-state index in [0.717, 1.165) is 31.5 Å². The largest absolute Gasteiger partial charge is 0.454 e. The molecule has 1 fully saturated rings. The molecule has 0 radical (unpaired) electrons. The van der Waals surface area contributed by atoms with Crippen molar-refractivity contribution in [2.24, 2.45) is 0 Å². The molecule has 1 saturated heterocycles. The monoisotopic (exact) mass is 429 g/mol. The quantitative estimate of drug-likeness (QED) is 0.707. The van der Waals surface area contributed by atoms with E-state index in [1.807, 2.05) is 24.3 Å². The molecule has 8 heteroatoms. The summed E-state index contributed by atoms with van der Waals surface area (Å²) in [5, 5.41) is 6.28. The second-order valence-corrected chi connectivity index (χ2v) is 7.74. The predicted molar refractivity (Wildman–Crippen MR) is 113 cm³/mol. The number of rotatable bonds is 7. The molecule has 1 atom stereocenters. The van der Waals surface area contributed by atoms with Crippen molar-refractivity contribution < 1.29 is 19.1 Å². The van der Waals surface area contributed by atoms with Gasteiger partial charge in [-0.2, -0.15) is 0 Å². The van der Waals surface area contributed by atoms with Gasteiger partial charge >= 0.3 is 0 Å². The number of benzene rings is 2. The summed E-state index contributed by atoms with van der Waals surface area (Å²) in [4.78, 5) is 27.1. The standard InChI is InChI=1S/C22H24ClN3O4/c23-17-6-2-1-5-16(17)18(26-9-3-4-10-26)12-24-21(27)13-25-22(28)15-7-8-19-20(11-15)30-14-29-19/h1-2,5-8,11,18H,3-4,9-10,12-14H2,(H,24,27)(H,25,28)/t18-/m1/s1. The summed E-state index contributed by atoms with van der Waals surface area (Å²) in [6.45, 7) is 2.43. The van der Waals surface area contributed by atoms with E-state index in [1.54, 1.807) is 18.2 Å². The van der Waals surface area contributed by atoms with Crippen molar-refractivity contribution in [1.29, 1.82) is 0 Å². The molecule has 2 aliphatic rings. The molecular formula is C22H24ClN3O4. The Hall–Kier alpha value is -2.77. The number of hydrogen-bond donors (Lipinski definition) is 2. The molecule has 0 bridgehead atoms. The first kappa shape index (κ1) is 20.5. The van der Waals surface area contributed by atoms with Gasteiger partial charge in [0.15, 0.2) is 11.5 Å². The van der Waals surface area contributed by atoms with E-state index in [9.17, 15) is 9.59 Å². The highest BCUT2D eigenvalue weighted by Gasteiger charge is 2.25. The number of amides is 2. The van der Waals surface area contributed by atoms with Gasteiger partial charge in [0.2, 0.25) is 12.7 Å². The fraction of sp³-hybridized carbons (Fsp3) is 0.364. The van der Waals surface area contributed by atoms with Crippen LogP contribution in [0.2, 0.25) is 5.02 Å². The number of halogens is 1. The summed E-state index contributed by atoms with van der Waals surface area (Å²) in [5.74, 6) is 0.545. The normalized spacial score (nSPS) is 16.3. The SMILES string of the molecule is O=C(CNC(=O)c1ccc2c(c1)OCO2)NC[C@H](c1ccccc1Cl)N1CCCC1. The van der Waals surface area contributed by atoms with Crippen molar-refractivity contribution in [1.82, 2.24) is 15.5 Å². The number of ether oxygens (including phenoxy) is 2. The van der Waals surface area contributed by atoms with Crippen LogP contribution in [-0.4, -0.2) is 49.7 Å². The van der Waals surface area contributed by atoms with Gasteiger partial charge in [-0.05, 0) is 55.8 Å². The molecule has 0 aromatic heterocycles. The van der Waals surface area contributed by atoms with E-state index < -0.39 is 0 Å². The zero-order chi connectivity index (χ0) is 20.9. The first-order chi connectivity index (χ1) is 14.6. The smallest absolute Gasteiger partial charge is 0.251 e. The molecule has 0 saturated carbocycles. The number of nitrogens with zero attached hydrogens (tertiary/aromatic N) is 1. The van der Waals surface area contributed by atoms with Crippen LogP contribution in [0.25, 0.3) is 0 Å². The minimum Gasteiger partial charge on any atom is -0.454 e. The van der Waals surface area contributed by atoms with Crippen LogP contribution < -0.4 is 20.1 Å². The number of carbonyl (C=O) groups is 2. The maximum atomic E-state index is 12.4. The van der Waals surface area contributed by atoms with Crippen LogP contribution in [0.1, 0.15) is 34.8 Å². The van der Waals surface area contributed by atoms with Crippen LogP contribution in [0.5, 0.6) is 11.5 Å². The summed E-state index contributed by atoms with van der Waals surface area (Å²) >= 11 is 6.41. The average molecular weight is 430 g/mol. The highest BCUT2D eigenvalue weighted by molar-refractivity contribution is 6.31. The molecule has 2 N–H and O–H groups in total. The number of carbonyl (C=O) groups excluding carboxylic acids is 2. The minimum absolute atomic E-state index is 0.00899. The average Bonchev–Trinajstić information content (AvgIpc) is 3.45. The van der Waals surface area contributed by atoms with Crippen LogP contribution >= 0.6 is 11.6 Å². The first-order valence-corrected chi connectivity index (χ1v) is 10.4. The van der Waals surface area contributed by atoms with Crippen LogP contribution in [0, 0.1) is 0 Å². The minimum atomic E-state index is -0.342. The van der Waals surface area contributed by atoms with Gasteiger partial charge in [-0.3, -0.25) is 14.5 Å². The van der Waals surface area contributed by atoms with E-state index in [2.05, 4.69) is 15.5 Å². The molecule has 2 heterocycles. The van der Waals surface area contributed by atoms with E-state index in [0.29, 0.717) is 28.6 Å². The Morgan fingerprint density at radius 3 is 2.60 bits per heavy atom. The Bertz CT molecular complexity index is 930. The molecule has 30 heavy (non-hydrogen) atoms. The second-order valence-electron chi connectivity index (χ2n) is 7.34. The molecule has 0 spiro atoms. The van der Waals surface area contributed by atoms with Crippen molar-refractivity contribution in [3.63, 3.8) is 0 Å². The second kappa shape index (κ2) is 9.36. The van der Waals surface area contributed by atoms with E-state index >= 15 is 0 Å². The molecular weight excluding hydrogens is 406 g/mol. The van der Waals surface area contributed by atoms with E-state index in [4.69, 9.17) is 21.1 Å². The molecule has 2 aliphatic heterocycles. The zero-order valence-electron chi connectivity index (χ0n) is 16.5. The van der Waals surface area contributed by atoms with Crippen LogP contribution in [0.15, 0.2) is 42.5 Å². The molecule has 2 aromatic carbocycles. The highest BCUT2D eigenvalue weighted by Crippen LogP contribution is 2.32. The van der Waals surface area contributed by atoms with Gasteiger partial charge in [0.1, 0.15) is 0 Å². The lowest BCUT2D eigenvalue weighted by Crippen LogP contribution is -2.41. The number of fused-ring (bicyclic) bond motifs is 1. The molecule has 2 amide bonds. The Balaban J connectivity index is 1.32. The maximum Gasteiger partial charge on any atom is 0.251 e. The molecule has 7 nitrogen and oxygen atoms in total. The van der Waals surface area contributed by atoms with Crippen LogP contribution in [0.3, 0.4) is 0 Å². The van der Waals surface area contributed by atoms with Gasteiger partial charge < -0.3 is 20.1 Å².